The lowest BCUT2D eigenvalue weighted by molar-refractivity contribution is -0.126. The van der Waals surface area contributed by atoms with Crippen molar-refractivity contribution in [3.63, 3.8) is 0 Å². The normalized spacial score (nSPS) is 23.2. The summed E-state index contributed by atoms with van der Waals surface area (Å²) in [7, 11) is 0. The van der Waals surface area contributed by atoms with Crippen LogP contribution in [0.5, 0.6) is 0 Å². The Morgan fingerprint density at radius 2 is 1.90 bits per heavy atom. The molecule has 20 heavy (non-hydrogen) atoms. The highest BCUT2D eigenvalue weighted by Gasteiger charge is 2.29. The summed E-state index contributed by atoms with van der Waals surface area (Å²) in [6, 6.07) is -0.284. The van der Waals surface area contributed by atoms with Crippen LogP contribution in [0.3, 0.4) is 0 Å². The molecule has 4 nitrogen and oxygen atoms in total. The molecule has 0 aromatic rings. The number of carbonyl (C=O) groups excluding carboxylic acids is 2. The molecule has 1 atom stereocenters. The second-order valence-electron chi connectivity index (χ2n) is 6.19. The number of Topliss-reactive ketones (excluding diaryl/α,β-unsaturated/α-hetero) is 1. The minimum atomic E-state index is -0.435. The lowest BCUT2D eigenvalue weighted by Crippen LogP contribution is -2.47. The van der Waals surface area contributed by atoms with Crippen LogP contribution >= 0.6 is 0 Å². The van der Waals surface area contributed by atoms with Gasteiger partial charge in [-0.3, -0.25) is 4.79 Å². The number of unbranched alkanes of at least 4 members (excludes halogenated alkanes) is 2. The molecule has 114 valence electrons. The fourth-order valence-electron chi connectivity index (χ4n) is 3.10. The van der Waals surface area contributed by atoms with Crippen molar-refractivity contribution in [2.75, 3.05) is 6.61 Å². The third kappa shape index (κ3) is 5.14. The molecule has 1 N–H and O–H groups in total. The van der Waals surface area contributed by atoms with Crippen molar-refractivity contribution in [2.45, 2.75) is 76.7 Å². The standard InChI is InChI=1S/C16H27NO3/c18-15-11-10-14(15)17-16(19)20-12-6-2-5-9-13-7-3-1-4-8-13/h13-14H,1-12H2,(H,17,19)/t14-/m0/s1. The van der Waals surface area contributed by atoms with E-state index in [0.717, 1.165) is 25.2 Å². The minimum absolute atomic E-state index is 0.120. The van der Waals surface area contributed by atoms with Gasteiger partial charge in [-0.2, -0.15) is 0 Å². The SMILES string of the molecule is O=C(N[C@H]1CCC1=O)OCCCCCC1CCCCC1. The number of carbonyl (C=O) groups is 2. The third-order valence-corrected chi connectivity index (χ3v) is 4.57. The van der Waals surface area contributed by atoms with Crippen LogP contribution in [0.1, 0.15) is 70.6 Å². The highest BCUT2D eigenvalue weighted by molar-refractivity contribution is 5.92. The van der Waals surface area contributed by atoms with E-state index in [-0.39, 0.29) is 11.8 Å². The maximum atomic E-state index is 11.4. The molecule has 2 fully saturated rings. The van der Waals surface area contributed by atoms with Crippen LogP contribution in [0.2, 0.25) is 0 Å². The molecule has 4 heteroatoms. The maximum absolute atomic E-state index is 11.4. The summed E-state index contributed by atoms with van der Waals surface area (Å²) < 4.78 is 5.09. The van der Waals surface area contributed by atoms with E-state index in [9.17, 15) is 9.59 Å². The Hall–Kier alpha value is -1.06. The van der Waals surface area contributed by atoms with Crippen LogP contribution in [-0.2, 0) is 9.53 Å². The van der Waals surface area contributed by atoms with Gasteiger partial charge in [0.05, 0.1) is 12.6 Å². The Kier molecular flexibility index (Phi) is 6.34. The average molecular weight is 281 g/mol. The first-order valence-electron chi connectivity index (χ1n) is 8.21. The van der Waals surface area contributed by atoms with Crippen molar-refractivity contribution < 1.29 is 14.3 Å². The predicted molar refractivity (Wildman–Crippen MR) is 77.6 cm³/mol. The van der Waals surface area contributed by atoms with Crippen LogP contribution < -0.4 is 5.32 Å². The Bertz CT molecular complexity index is 324. The molecule has 0 heterocycles. The molecule has 0 aliphatic heterocycles. The zero-order valence-electron chi connectivity index (χ0n) is 12.4. The number of nitrogens with one attached hydrogen (secondary N) is 1. The second kappa shape index (κ2) is 8.28. The summed E-state index contributed by atoms with van der Waals surface area (Å²) >= 11 is 0. The molecule has 0 aromatic heterocycles. The summed E-state index contributed by atoms with van der Waals surface area (Å²) in [6.45, 7) is 0.470. The monoisotopic (exact) mass is 281 g/mol. The lowest BCUT2D eigenvalue weighted by Gasteiger charge is -2.24. The molecule has 0 bridgehead atoms. The van der Waals surface area contributed by atoms with Crippen LogP contribution in [0.25, 0.3) is 0 Å². The Labute approximate surface area is 121 Å². The highest BCUT2D eigenvalue weighted by atomic mass is 16.5. The first-order valence-corrected chi connectivity index (χ1v) is 8.21. The summed E-state index contributed by atoms with van der Waals surface area (Å²) in [5.74, 6) is 1.06. The number of hydrogen-bond acceptors (Lipinski definition) is 3. The van der Waals surface area contributed by atoms with Gasteiger partial charge in [0.2, 0.25) is 0 Å². The first kappa shape index (κ1) is 15.3. The zero-order chi connectivity index (χ0) is 14.2. The van der Waals surface area contributed by atoms with Gasteiger partial charge in [0.1, 0.15) is 0 Å². The van der Waals surface area contributed by atoms with Crippen molar-refractivity contribution in [2.24, 2.45) is 5.92 Å². The number of ketones is 1. The largest absolute Gasteiger partial charge is 0.450 e. The molecule has 0 aromatic carbocycles. The van der Waals surface area contributed by atoms with E-state index >= 15 is 0 Å². The van der Waals surface area contributed by atoms with Gasteiger partial charge < -0.3 is 10.1 Å². The number of alkyl carbamates (subject to hydrolysis) is 1. The predicted octanol–water partition coefficient (Wildman–Crippen LogP) is 3.58. The van der Waals surface area contributed by atoms with Crippen molar-refractivity contribution in [1.82, 2.24) is 5.32 Å². The fourth-order valence-corrected chi connectivity index (χ4v) is 3.10. The van der Waals surface area contributed by atoms with E-state index in [0.29, 0.717) is 13.0 Å². The number of ether oxygens (including phenoxy) is 1. The molecule has 0 spiro atoms. The zero-order valence-corrected chi connectivity index (χ0v) is 12.4. The number of rotatable bonds is 7. The van der Waals surface area contributed by atoms with Crippen molar-refractivity contribution in [3.05, 3.63) is 0 Å². The van der Waals surface area contributed by atoms with Crippen molar-refractivity contribution in [3.8, 4) is 0 Å². The average Bonchev–Trinajstić information content (AvgIpc) is 2.48. The van der Waals surface area contributed by atoms with Gasteiger partial charge in [-0.05, 0) is 18.8 Å². The summed E-state index contributed by atoms with van der Waals surface area (Å²) in [4.78, 5) is 22.4. The molecule has 0 unspecified atom stereocenters. The third-order valence-electron chi connectivity index (χ3n) is 4.57. The Balaban J connectivity index is 1.41. The van der Waals surface area contributed by atoms with Gasteiger partial charge >= 0.3 is 6.09 Å². The minimum Gasteiger partial charge on any atom is -0.450 e. The summed E-state index contributed by atoms with van der Waals surface area (Å²) in [5, 5.41) is 2.60. The molecule has 0 saturated heterocycles. The number of hydrogen-bond donors (Lipinski definition) is 1. The smallest absolute Gasteiger partial charge is 0.407 e. The molecule has 1 amide bonds. The lowest BCUT2D eigenvalue weighted by atomic mass is 9.86. The molecule has 0 radical (unpaired) electrons. The van der Waals surface area contributed by atoms with Crippen LogP contribution in [0.15, 0.2) is 0 Å². The van der Waals surface area contributed by atoms with Crippen molar-refractivity contribution in [1.29, 1.82) is 0 Å². The topological polar surface area (TPSA) is 55.4 Å². The first-order chi connectivity index (χ1) is 9.75. The Morgan fingerprint density at radius 3 is 2.55 bits per heavy atom. The second-order valence-corrected chi connectivity index (χ2v) is 6.19. The van der Waals surface area contributed by atoms with E-state index in [1.807, 2.05) is 0 Å². The summed E-state index contributed by atoms with van der Waals surface area (Å²) in [6.07, 6.45) is 12.6. The summed E-state index contributed by atoms with van der Waals surface area (Å²) in [5.41, 5.74) is 0. The van der Waals surface area contributed by atoms with E-state index < -0.39 is 6.09 Å². The van der Waals surface area contributed by atoms with E-state index in [1.54, 1.807) is 0 Å². The molecular formula is C16H27NO3. The molecule has 2 saturated carbocycles. The van der Waals surface area contributed by atoms with Gasteiger partial charge in [0.25, 0.3) is 0 Å². The van der Waals surface area contributed by atoms with Gasteiger partial charge in [-0.1, -0.05) is 51.4 Å². The van der Waals surface area contributed by atoms with Gasteiger partial charge in [-0.15, -0.1) is 0 Å². The quantitative estimate of drug-likeness (QED) is 0.726. The van der Waals surface area contributed by atoms with Crippen LogP contribution in [0, 0.1) is 5.92 Å². The number of amides is 1. The molecule has 2 aliphatic carbocycles. The van der Waals surface area contributed by atoms with E-state index in [1.165, 1.54) is 44.9 Å². The van der Waals surface area contributed by atoms with Gasteiger partial charge in [0.15, 0.2) is 5.78 Å². The van der Waals surface area contributed by atoms with Crippen LogP contribution in [-0.4, -0.2) is 24.5 Å². The van der Waals surface area contributed by atoms with Crippen LogP contribution in [0.4, 0.5) is 4.79 Å². The maximum Gasteiger partial charge on any atom is 0.407 e. The molecular weight excluding hydrogens is 254 g/mol. The fraction of sp³-hybridized carbons (Fsp3) is 0.875. The van der Waals surface area contributed by atoms with Gasteiger partial charge in [-0.25, -0.2) is 4.79 Å². The molecule has 2 rings (SSSR count). The van der Waals surface area contributed by atoms with Crippen molar-refractivity contribution >= 4 is 11.9 Å². The van der Waals surface area contributed by atoms with E-state index in [2.05, 4.69) is 5.32 Å². The Morgan fingerprint density at radius 1 is 1.10 bits per heavy atom. The van der Waals surface area contributed by atoms with E-state index in [4.69, 9.17) is 4.74 Å². The van der Waals surface area contributed by atoms with Gasteiger partial charge in [0, 0.05) is 6.42 Å². The highest BCUT2D eigenvalue weighted by Crippen LogP contribution is 2.27. The molecule has 2 aliphatic rings.